The first-order chi connectivity index (χ1) is 27.3. The molecule has 14 heteroatoms. The lowest BCUT2D eigenvalue weighted by Crippen LogP contribution is -2.46. The van der Waals surface area contributed by atoms with Crippen molar-refractivity contribution < 1.29 is 24.2 Å². The highest BCUT2D eigenvalue weighted by Crippen LogP contribution is 2.40. The molecule has 57 heavy (non-hydrogen) atoms. The number of fused-ring (bicyclic) bond motifs is 1. The topological polar surface area (TPSA) is 132 Å². The van der Waals surface area contributed by atoms with Crippen molar-refractivity contribution in [1.29, 1.82) is 0 Å². The van der Waals surface area contributed by atoms with Gasteiger partial charge in [0.25, 0.3) is 5.91 Å². The Morgan fingerprint density at radius 3 is 2.12 bits per heavy atom. The molecule has 1 saturated carbocycles. The quantitative estimate of drug-likeness (QED) is 0.199. The molecule has 12 nitrogen and oxygen atoms in total. The molecule has 308 valence electrons. The maximum atomic E-state index is 13.6. The lowest BCUT2D eigenvalue weighted by atomic mass is 9.90. The number of nitrogens with one attached hydrogen (secondary N) is 2. The zero-order chi connectivity index (χ0) is 40.8. The number of anilines is 2. The van der Waals surface area contributed by atoms with Crippen molar-refractivity contribution in [2.75, 3.05) is 57.6 Å². The lowest BCUT2D eigenvalue weighted by Gasteiger charge is -2.40. The van der Waals surface area contributed by atoms with E-state index >= 15 is 0 Å². The highest BCUT2D eigenvalue weighted by atomic mass is 35.5. The fourth-order valence-electron chi connectivity index (χ4n) is 8.49. The van der Waals surface area contributed by atoms with E-state index < -0.39 is 12.0 Å². The summed E-state index contributed by atoms with van der Waals surface area (Å²) in [7, 11) is 5.91. The van der Waals surface area contributed by atoms with Gasteiger partial charge in [-0.2, -0.15) is 0 Å². The number of amides is 2. The molecule has 3 N–H and O–H groups in total. The van der Waals surface area contributed by atoms with Crippen LogP contribution in [0.15, 0.2) is 47.7 Å². The van der Waals surface area contributed by atoms with Gasteiger partial charge in [-0.1, -0.05) is 66.7 Å². The van der Waals surface area contributed by atoms with Gasteiger partial charge in [-0.25, -0.2) is 4.98 Å². The van der Waals surface area contributed by atoms with E-state index in [-0.39, 0.29) is 17.7 Å². The summed E-state index contributed by atoms with van der Waals surface area (Å²) < 4.78 is 7.42. The zero-order valence-corrected chi connectivity index (χ0v) is 35.4. The van der Waals surface area contributed by atoms with E-state index in [1.165, 1.54) is 17.7 Å². The number of aromatic nitrogens is 2. The summed E-state index contributed by atoms with van der Waals surface area (Å²) >= 11 is 13.8. The number of aliphatic carboxylic acids is 1. The molecule has 1 unspecified atom stereocenters. The predicted octanol–water partition coefficient (Wildman–Crippen LogP) is 7.70. The van der Waals surface area contributed by atoms with Gasteiger partial charge in [0.05, 0.1) is 33.0 Å². The molecule has 1 saturated heterocycles. The van der Waals surface area contributed by atoms with E-state index in [0.717, 1.165) is 95.6 Å². The molecule has 1 atom stereocenters. The van der Waals surface area contributed by atoms with Crippen LogP contribution in [0.1, 0.15) is 87.2 Å². The van der Waals surface area contributed by atoms with Gasteiger partial charge in [-0.05, 0) is 64.3 Å². The first-order valence-corrected chi connectivity index (χ1v) is 21.0. The first kappa shape index (κ1) is 42.7. The SMILES string of the molecule is CC1=C(N(C)C(C)C(=O)Nc2cccc(-c3cccc(NC(=O)c4nc5c(n4C)CCN(C)C5)c3Cl)c2Cl)CCN(C2CCOCC2)C1.O=C(O)C1CCCCC1. The molecule has 4 aliphatic rings. The van der Waals surface area contributed by atoms with E-state index in [1.54, 1.807) is 12.1 Å². The van der Waals surface area contributed by atoms with Crippen molar-refractivity contribution in [2.45, 2.75) is 90.3 Å². The van der Waals surface area contributed by atoms with Crippen LogP contribution in [-0.2, 0) is 34.3 Å². The van der Waals surface area contributed by atoms with Gasteiger partial charge in [0.1, 0.15) is 6.04 Å². The van der Waals surface area contributed by atoms with E-state index in [1.807, 2.05) is 56.9 Å². The Balaban J connectivity index is 0.000000538. The second kappa shape index (κ2) is 19.2. The molecule has 0 spiro atoms. The van der Waals surface area contributed by atoms with Crippen molar-refractivity contribution in [2.24, 2.45) is 13.0 Å². The summed E-state index contributed by atoms with van der Waals surface area (Å²) in [5.41, 5.74) is 6.73. The van der Waals surface area contributed by atoms with E-state index in [9.17, 15) is 14.4 Å². The fourth-order valence-corrected chi connectivity index (χ4v) is 9.04. The molecule has 1 aliphatic carbocycles. The molecule has 7 rings (SSSR count). The molecule has 2 aromatic carbocycles. The van der Waals surface area contributed by atoms with Crippen LogP contribution in [0.3, 0.4) is 0 Å². The number of carbonyl (C=O) groups excluding carboxylic acids is 2. The summed E-state index contributed by atoms with van der Waals surface area (Å²) in [5.74, 6) is -0.777. The van der Waals surface area contributed by atoms with Crippen molar-refractivity contribution in [3.05, 3.63) is 74.9 Å². The number of carbonyl (C=O) groups is 3. The number of halogens is 2. The van der Waals surface area contributed by atoms with Crippen LogP contribution in [0.4, 0.5) is 11.4 Å². The van der Waals surface area contributed by atoms with E-state index in [2.05, 4.69) is 37.2 Å². The predicted molar refractivity (Wildman–Crippen MR) is 226 cm³/mol. The van der Waals surface area contributed by atoms with Crippen LogP contribution < -0.4 is 10.6 Å². The molecule has 2 amide bonds. The number of imidazole rings is 1. The van der Waals surface area contributed by atoms with Gasteiger partial charge >= 0.3 is 5.97 Å². The van der Waals surface area contributed by atoms with Gasteiger partial charge in [0, 0.05) is 94.9 Å². The molecule has 0 radical (unpaired) electrons. The maximum absolute atomic E-state index is 13.6. The number of carboxylic acids is 1. The largest absolute Gasteiger partial charge is 0.481 e. The maximum Gasteiger partial charge on any atom is 0.306 e. The Morgan fingerprint density at radius 2 is 1.53 bits per heavy atom. The van der Waals surface area contributed by atoms with E-state index in [0.29, 0.717) is 51.0 Å². The van der Waals surface area contributed by atoms with Crippen molar-refractivity contribution in [3.8, 4) is 11.1 Å². The van der Waals surface area contributed by atoms with Crippen LogP contribution in [0.2, 0.25) is 10.0 Å². The minimum Gasteiger partial charge on any atom is -0.481 e. The average Bonchev–Trinajstić information content (AvgIpc) is 3.54. The van der Waals surface area contributed by atoms with Gasteiger partial charge in [-0.3, -0.25) is 19.3 Å². The summed E-state index contributed by atoms with van der Waals surface area (Å²) in [6, 6.07) is 11.0. The van der Waals surface area contributed by atoms with Crippen LogP contribution in [0.25, 0.3) is 11.1 Å². The number of likely N-dealkylation sites (N-methyl/N-ethyl adjacent to an activating group) is 2. The second-order valence-electron chi connectivity index (χ2n) is 15.9. The van der Waals surface area contributed by atoms with Gasteiger partial charge in [0.2, 0.25) is 5.91 Å². The molecule has 0 bridgehead atoms. The average molecular weight is 823 g/mol. The summed E-state index contributed by atoms with van der Waals surface area (Å²) in [4.78, 5) is 48.8. The highest BCUT2D eigenvalue weighted by Gasteiger charge is 2.30. The molecular weight excluding hydrogens is 765 g/mol. The van der Waals surface area contributed by atoms with Gasteiger partial charge in [-0.15, -0.1) is 0 Å². The minimum atomic E-state index is -0.602. The molecular formula is C43H57Cl2N7O5. The number of carboxylic acid groups (broad SMARTS) is 1. The molecule has 3 aromatic rings. The fraction of sp³-hybridized carbons (Fsp3) is 0.535. The monoisotopic (exact) mass is 821 g/mol. The Labute approximate surface area is 346 Å². The smallest absolute Gasteiger partial charge is 0.306 e. The normalized spacial score (nSPS) is 18.9. The van der Waals surface area contributed by atoms with Crippen molar-refractivity contribution in [1.82, 2.24) is 24.3 Å². The van der Waals surface area contributed by atoms with Crippen LogP contribution in [-0.4, -0.2) is 106 Å². The molecule has 3 aliphatic heterocycles. The molecule has 1 aromatic heterocycles. The Morgan fingerprint density at radius 1 is 0.895 bits per heavy atom. The third kappa shape index (κ3) is 10.0. The lowest BCUT2D eigenvalue weighted by molar-refractivity contribution is -0.142. The van der Waals surface area contributed by atoms with Crippen LogP contribution in [0.5, 0.6) is 0 Å². The Hall–Kier alpha value is -3.94. The summed E-state index contributed by atoms with van der Waals surface area (Å²) in [6.45, 7) is 9.27. The minimum absolute atomic E-state index is 0.0289. The van der Waals surface area contributed by atoms with Crippen molar-refractivity contribution in [3.63, 3.8) is 0 Å². The number of benzene rings is 2. The third-order valence-corrected chi connectivity index (χ3v) is 12.9. The number of ether oxygens (including phenoxy) is 1. The summed E-state index contributed by atoms with van der Waals surface area (Å²) in [5, 5.41) is 15.2. The Bertz CT molecular complexity index is 1970. The second-order valence-corrected chi connectivity index (χ2v) is 16.7. The summed E-state index contributed by atoms with van der Waals surface area (Å²) in [6.07, 6.45) is 9.13. The first-order valence-electron chi connectivity index (χ1n) is 20.2. The highest BCUT2D eigenvalue weighted by molar-refractivity contribution is 6.40. The number of nitrogens with zero attached hydrogens (tertiary/aromatic N) is 5. The third-order valence-electron chi connectivity index (χ3n) is 12.1. The number of rotatable bonds is 9. The van der Waals surface area contributed by atoms with Crippen molar-refractivity contribution >= 4 is 52.4 Å². The van der Waals surface area contributed by atoms with Gasteiger partial charge < -0.3 is 34.8 Å². The van der Waals surface area contributed by atoms with E-state index in [4.69, 9.17) is 33.0 Å². The standard InChI is InChI=1S/C36H45Cl2N7O3.C7H12O2/c1-22-20-45(24-14-18-48-19-15-24)17-13-30(22)43(4)23(2)35(46)40-27-10-6-8-25(32(27)37)26-9-7-11-28(33(26)38)41-36(47)34-39-29-21-42(3)16-12-31(29)44(34)5;8-7(9)6-4-2-1-3-5-6/h6-11,23-24H,12-21H2,1-5H3,(H,40,46)(H,41,47);6H,1-5H2,(H,8,9). The van der Waals surface area contributed by atoms with Gasteiger partial charge in [0.15, 0.2) is 5.82 Å². The van der Waals surface area contributed by atoms with Crippen LogP contribution >= 0.6 is 23.2 Å². The zero-order valence-electron chi connectivity index (χ0n) is 33.9. The van der Waals surface area contributed by atoms with Crippen LogP contribution in [0, 0.1) is 5.92 Å². The molecule has 4 heterocycles. The number of hydrogen-bond acceptors (Lipinski definition) is 8. The number of hydrogen-bond donors (Lipinski definition) is 3. The Kier molecular flexibility index (Phi) is 14.4. The molecule has 2 fully saturated rings.